The van der Waals surface area contributed by atoms with Crippen molar-refractivity contribution in [1.29, 1.82) is 0 Å². The lowest BCUT2D eigenvalue weighted by Crippen LogP contribution is -2.50. The normalized spacial score (nSPS) is 20.9. The Labute approximate surface area is 148 Å². The molecule has 1 amide bonds. The van der Waals surface area contributed by atoms with Crippen molar-refractivity contribution in [1.82, 2.24) is 14.3 Å². The average molecular weight is 371 g/mol. The maximum absolute atomic E-state index is 12.3. The molecule has 9 heteroatoms. The fraction of sp³-hybridized carbons (Fsp3) is 0.0625. The van der Waals surface area contributed by atoms with Gasteiger partial charge < -0.3 is 9.84 Å². The van der Waals surface area contributed by atoms with Crippen molar-refractivity contribution in [2.45, 2.75) is 5.37 Å². The van der Waals surface area contributed by atoms with Gasteiger partial charge in [-0.1, -0.05) is 29.2 Å². The largest absolute Gasteiger partial charge is 0.512 e. The Morgan fingerprint density at radius 1 is 1.40 bits per heavy atom. The number of carboxylic acid groups (broad SMARTS) is 1. The van der Waals surface area contributed by atoms with Crippen LogP contribution in [0.3, 0.4) is 0 Å². The van der Waals surface area contributed by atoms with Crippen LogP contribution in [0.1, 0.15) is 5.56 Å². The number of thiazole rings is 1. The zero-order valence-electron chi connectivity index (χ0n) is 12.4. The highest BCUT2D eigenvalue weighted by Crippen LogP contribution is 2.45. The molecule has 1 aromatic carbocycles. The van der Waals surface area contributed by atoms with Crippen molar-refractivity contribution >= 4 is 56.4 Å². The molecule has 1 fully saturated rings. The van der Waals surface area contributed by atoms with Crippen LogP contribution in [0.5, 0.6) is 0 Å². The highest BCUT2D eigenvalue weighted by Gasteiger charge is 2.49. The second-order valence-electron chi connectivity index (χ2n) is 5.50. The van der Waals surface area contributed by atoms with E-state index < -0.39 is 6.16 Å². The maximum Gasteiger partial charge on any atom is 0.512 e. The number of carbonyl (C=O) groups is 2. The summed E-state index contributed by atoms with van der Waals surface area (Å²) in [7, 11) is 0. The van der Waals surface area contributed by atoms with E-state index in [1.165, 1.54) is 16.7 Å². The summed E-state index contributed by atoms with van der Waals surface area (Å²) in [5.41, 5.74) is 2.63. The second-order valence-corrected chi connectivity index (χ2v) is 7.46. The number of imidazole rings is 1. The Hall–Kier alpha value is -2.78. The minimum Gasteiger partial charge on any atom is -0.449 e. The first-order valence-corrected chi connectivity index (χ1v) is 9.05. The number of hydrogen-bond acceptors (Lipinski definition) is 6. The highest BCUT2D eigenvalue weighted by molar-refractivity contribution is 8.03. The fourth-order valence-electron chi connectivity index (χ4n) is 2.98. The van der Waals surface area contributed by atoms with Gasteiger partial charge >= 0.3 is 6.16 Å². The van der Waals surface area contributed by atoms with Crippen LogP contribution in [0.15, 0.2) is 47.5 Å². The summed E-state index contributed by atoms with van der Waals surface area (Å²) in [6.45, 7) is 0. The molecule has 2 aromatic heterocycles. The first-order valence-electron chi connectivity index (χ1n) is 7.29. The summed E-state index contributed by atoms with van der Waals surface area (Å²) in [6, 6.07) is 5.99. The number of aromatic nitrogens is 2. The third-order valence-corrected chi connectivity index (χ3v) is 6.16. The van der Waals surface area contributed by atoms with Crippen LogP contribution in [-0.4, -0.2) is 36.8 Å². The Bertz CT molecular complexity index is 1130. The van der Waals surface area contributed by atoms with Gasteiger partial charge in [-0.15, -0.1) is 0 Å². The van der Waals surface area contributed by atoms with E-state index in [4.69, 9.17) is 5.11 Å². The number of hydrogen-bond donors (Lipinski definition) is 1. The van der Waals surface area contributed by atoms with E-state index in [2.05, 4.69) is 9.72 Å². The van der Waals surface area contributed by atoms with Crippen LogP contribution >= 0.6 is 23.1 Å². The molecule has 0 spiro atoms. The van der Waals surface area contributed by atoms with E-state index in [-0.39, 0.29) is 17.2 Å². The van der Waals surface area contributed by atoms with Crippen molar-refractivity contribution in [2.75, 3.05) is 0 Å². The van der Waals surface area contributed by atoms with E-state index in [0.29, 0.717) is 5.57 Å². The molecule has 2 aliphatic heterocycles. The number of β-lactam (4-membered cyclic amide) rings is 1. The predicted octanol–water partition coefficient (Wildman–Crippen LogP) is 3.34. The van der Waals surface area contributed by atoms with Crippen molar-refractivity contribution < 1.29 is 19.4 Å². The minimum atomic E-state index is -1.43. The van der Waals surface area contributed by atoms with Crippen molar-refractivity contribution in [3.8, 4) is 0 Å². The van der Waals surface area contributed by atoms with E-state index in [1.807, 2.05) is 34.9 Å². The number of ether oxygens (including phenoxy) is 1. The molecular formula is C16H9N3O4S2. The van der Waals surface area contributed by atoms with Crippen LogP contribution in [0.4, 0.5) is 4.79 Å². The standard InChI is InChI=1S/C16H9N3O4S2/c20-13-9(14-19(13)12(7-24-14)23-16(21)22)5-8-1-2-10-11(6-8)25-15-17-3-4-18(10)15/h1-7,14H,(H,21,22)/b9-5-/t14-/m1/s1. The average Bonchev–Trinajstić information content (AvgIpc) is 3.24. The summed E-state index contributed by atoms with van der Waals surface area (Å²) < 4.78 is 7.74. The molecule has 7 nitrogen and oxygen atoms in total. The molecule has 1 saturated heterocycles. The van der Waals surface area contributed by atoms with Gasteiger partial charge in [0, 0.05) is 17.8 Å². The quantitative estimate of drug-likeness (QED) is 0.423. The summed E-state index contributed by atoms with van der Waals surface area (Å²) in [4.78, 5) is 29.5. The van der Waals surface area contributed by atoms with Crippen LogP contribution < -0.4 is 0 Å². The molecule has 0 aliphatic carbocycles. The van der Waals surface area contributed by atoms with Gasteiger partial charge in [0.15, 0.2) is 4.96 Å². The lowest BCUT2D eigenvalue weighted by Gasteiger charge is -2.36. The van der Waals surface area contributed by atoms with Gasteiger partial charge in [-0.05, 0) is 23.8 Å². The smallest absolute Gasteiger partial charge is 0.449 e. The molecule has 1 atom stereocenters. The lowest BCUT2D eigenvalue weighted by atomic mass is 10.0. The molecule has 5 rings (SSSR count). The number of thioether (sulfide) groups is 1. The highest BCUT2D eigenvalue weighted by atomic mass is 32.2. The Kier molecular flexibility index (Phi) is 2.97. The first-order chi connectivity index (χ1) is 12.1. The molecular weight excluding hydrogens is 362 g/mol. The zero-order chi connectivity index (χ0) is 17.1. The number of amides is 1. The summed E-state index contributed by atoms with van der Waals surface area (Å²) in [5.74, 6) is -0.164. The fourth-order valence-corrected chi connectivity index (χ4v) is 5.05. The number of carbonyl (C=O) groups excluding carboxylic acids is 1. The van der Waals surface area contributed by atoms with Gasteiger partial charge in [0.25, 0.3) is 5.91 Å². The first kappa shape index (κ1) is 14.6. The van der Waals surface area contributed by atoms with Gasteiger partial charge in [0.05, 0.1) is 15.8 Å². The van der Waals surface area contributed by atoms with Crippen LogP contribution in [-0.2, 0) is 9.53 Å². The molecule has 2 aliphatic rings. The van der Waals surface area contributed by atoms with Gasteiger partial charge in [-0.3, -0.25) is 14.1 Å². The monoisotopic (exact) mass is 371 g/mol. The van der Waals surface area contributed by atoms with Crippen molar-refractivity contribution in [3.05, 3.63) is 53.0 Å². The molecule has 4 heterocycles. The number of fused-ring (bicyclic) bond motifs is 4. The second kappa shape index (κ2) is 5.11. The number of benzene rings is 1. The third kappa shape index (κ3) is 2.09. The van der Waals surface area contributed by atoms with Crippen LogP contribution in [0, 0.1) is 0 Å². The van der Waals surface area contributed by atoms with Crippen LogP contribution in [0.2, 0.25) is 0 Å². The summed E-state index contributed by atoms with van der Waals surface area (Å²) >= 11 is 2.95. The van der Waals surface area contributed by atoms with Gasteiger partial charge in [-0.2, -0.15) is 0 Å². The SMILES string of the molecule is O=C(O)OC1=CS[C@@H]2/C(=C\c3ccc4c(c3)sc3nccn34)C(=O)N12. The molecule has 0 unspecified atom stereocenters. The molecule has 0 bridgehead atoms. The number of rotatable bonds is 2. The van der Waals surface area contributed by atoms with Gasteiger partial charge in [-0.25, -0.2) is 9.78 Å². The number of nitrogens with zero attached hydrogens (tertiary/aromatic N) is 3. The van der Waals surface area contributed by atoms with Crippen molar-refractivity contribution in [3.63, 3.8) is 0 Å². The summed E-state index contributed by atoms with van der Waals surface area (Å²) in [5, 5.41) is 10.0. The predicted molar refractivity (Wildman–Crippen MR) is 94.0 cm³/mol. The van der Waals surface area contributed by atoms with E-state index in [9.17, 15) is 9.59 Å². The molecule has 1 N–H and O–H groups in total. The topological polar surface area (TPSA) is 84.1 Å². The van der Waals surface area contributed by atoms with Gasteiger partial charge in [0.2, 0.25) is 5.88 Å². The molecule has 3 aromatic rings. The maximum atomic E-state index is 12.3. The van der Waals surface area contributed by atoms with Crippen LogP contribution in [0.25, 0.3) is 21.3 Å². The summed E-state index contributed by atoms with van der Waals surface area (Å²) in [6.07, 6.45) is 4.11. The van der Waals surface area contributed by atoms with E-state index in [0.717, 1.165) is 20.7 Å². The Balaban J connectivity index is 1.46. The molecule has 0 saturated carbocycles. The van der Waals surface area contributed by atoms with Crippen molar-refractivity contribution in [2.24, 2.45) is 0 Å². The lowest BCUT2D eigenvalue weighted by molar-refractivity contribution is -0.133. The van der Waals surface area contributed by atoms with E-state index >= 15 is 0 Å². The molecule has 25 heavy (non-hydrogen) atoms. The minimum absolute atomic E-state index is 0.0691. The van der Waals surface area contributed by atoms with E-state index in [1.54, 1.807) is 22.9 Å². The molecule has 0 radical (unpaired) electrons. The zero-order valence-corrected chi connectivity index (χ0v) is 14.1. The molecule has 124 valence electrons. The third-order valence-electron chi connectivity index (χ3n) is 4.07. The van der Waals surface area contributed by atoms with Gasteiger partial charge in [0.1, 0.15) is 5.37 Å². The Morgan fingerprint density at radius 2 is 2.28 bits per heavy atom. The Morgan fingerprint density at radius 3 is 3.12 bits per heavy atom.